The quantitative estimate of drug-likeness (QED) is 0.736. The fourth-order valence-electron chi connectivity index (χ4n) is 1.81. The number of hydrogen-bond donors (Lipinski definition) is 0. The zero-order chi connectivity index (χ0) is 8.93. The molecule has 72 valence electrons. The summed E-state index contributed by atoms with van der Waals surface area (Å²) in [6, 6.07) is 0. The highest BCUT2D eigenvalue weighted by Crippen LogP contribution is 2.10. The summed E-state index contributed by atoms with van der Waals surface area (Å²) in [7, 11) is 0. The van der Waals surface area contributed by atoms with Gasteiger partial charge in [-0.1, -0.05) is 6.42 Å². The Hall–Kier alpha value is -0.410. The molecule has 13 heavy (non-hydrogen) atoms. The number of thiazole rings is 1. The van der Waals surface area contributed by atoms with Crippen LogP contribution in [0.15, 0.2) is 11.6 Å². The van der Waals surface area contributed by atoms with Gasteiger partial charge in [-0.2, -0.15) is 0 Å². The number of aromatic nitrogens is 1. The van der Waals surface area contributed by atoms with Crippen LogP contribution in [-0.4, -0.2) is 29.5 Å². The molecule has 2 rings (SSSR count). The van der Waals surface area contributed by atoms with E-state index in [1.165, 1.54) is 43.9 Å². The monoisotopic (exact) mass is 196 g/mol. The van der Waals surface area contributed by atoms with E-state index >= 15 is 0 Å². The van der Waals surface area contributed by atoms with Gasteiger partial charge in [0.25, 0.3) is 0 Å². The van der Waals surface area contributed by atoms with E-state index in [2.05, 4.69) is 15.3 Å². The molecule has 1 aromatic rings. The summed E-state index contributed by atoms with van der Waals surface area (Å²) in [4.78, 5) is 6.85. The number of likely N-dealkylation sites (tertiary alicyclic amines) is 1. The van der Waals surface area contributed by atoms with E-state index in [4.69, 9.17) is 0 Å². The first-order chi connectivity index (χ1) is 6.45. The third-order valence-corrected chi connectivity index (χ3v) is 3.41. The standard InChI is InChI=1S/C10H16N2S/c1-2-6-12(7-3-1)8-4-10-11-5-9-13-10/h5,9H,1-4,6-8H2. The largest absolute Gasteiger partial charge is 0.303 e. The Kier molecular flexibility index (Phi) is 3.33. The third-order valence-electron chi connectivity index (χ3n) is 2.57. The van der Waals surface area contributed by atoms with Crippen molar-refractivity contribution in [3.63, 3.8) is 0 Å². The van der Waals surface area contributed by atoms with Crippen LogP contribution in [0.1, 0.15) is 24.3 Å². The van der Waals surface area contributed by atoms with Gasteiger partial charge in [0.2, 0.25) is 0 Å². The molecule has 0 amide bonds. The molecule has 1 fully saturated rings. The number of piperidine rings is 1. The molecule has 0 aliphatic carbocycles. The maximum atomic E-state index is 4.29. The van der Waals surface area contributed by atoms with Crippen LogP contribution in [-0.2, 0) is 6.42 Å². The maximum absolute atomic E-state index is 4.29. The molecule has 0 bridgehead atoms. The van der Waals surface area contributed by atoms with Gasteiger partial charge in [0.05, 0.1) is 5.01 Å². The SMILES string of the molecule is c1csc(CCN2CCCCC2)n1. The molecule has 1 aromatic heterocycles. The summed E-state index contributed by atoms with van der Waals surface area (Å²) in [6.07, 6.45) is 7.23. The number of nitrogens with zero attached hydrogens (tertiary/aromatic N) is 2. The Morgan fingerprint density at radius 2 is 2.15 bits per heavy atom. The van der Waals surface area contributed by atoms with Crippen molar-refractivity contribution in [3.05, 3.63) is 16.6 Å². The van der Waals surface area contributed by atoms with Crippen molar-refractivity contribution in [3.8, 4) is 0 Å². The summed E-state index contributed by atoms with van der Waals surface area (Å²) >= 11 is 1.77. The Bertz CT molecular complexity index is 227. The van der Waals surface area contributed by atoms with Crippen LogP contribution < -0.4 is 0 Å². The Labute approximate surface area is 83.6 Å². The highest BCUT2D eigenvalue weighted by Gasteiger charge is 2.09. The molecule has 2 nitrogen and oxygen atoms in total. The smallest absolute Gasteiger partial charge is 0.0937 e. The average Bonchev–Trinajstić information content (AvgIpc) is 2.69. The van der Waals surface area contributed by atoms with Gasteiger partial charge in [-0.05, 0) is 25.9 Å². The summed E-state index contributed by atoms with van der Waals surface area (Å²) in [5.74, 6) is 0. The Morgan fingerprint density at radius 3 is 2.85 bits per heavy atom. The predicted molar refractivity (Wildman–Crippen MR) is 56.1 cm³/mol. The van der Waals surface area contributed by atoms with E-state index in [1.54, 1.807) is 11.3 Å². The maximum Gasteiger partial charge on any atom is 0.0937 e. The van der Waals surface area contributed by atoms with Gasteiger partial charge < -0.3 is 4.90 Å². The molecule has 0 aromatic carbocycles. The lowest BCUT2D eigenvalue weighted by Crippen LogP contribution is -2.31. The molecule has 0 saturated carbocycles. The van der Waals surface area contributed by atoms with Crippen LogP contribution in [0.4, 0.5) is 0 Å². The van der Waals surface area contributed by atoms with Crippen molar-refractivity contribution < 1.29 is 0 Å². The van der Waals surface area contributed by atoms with Crippen LogP contribution in [0, 0.1) is 0 Å². The van der Waals surface area contributed by atoms with E-state index in [0.717, 1.165) is 6.42 Å². The highest BCUT2D eigenvalue weighted by molar-refractivity contribution is 7.09. The van der Waals surface area contributed by atoms with Crippen molar-refractivity contribution in [2.45, 2.75) is 25.7 Å². The summed E-state index contributed by atoms with van der Waals surface area (Å²) in [5, 5.41) is 3.34. The van der Waals surface area contributed by atoms with Gasteiger partial charge in [0, 0.05) is 24.5 Å². The topological polar surface area (TPSA) is 16.1 Å². The van der Waals surface area contributed by atoms with E-state index in [-0.39, 0.29) is 0 Å². The molecule has 0 radical (unpaired) electrons. The van der Waals surface area contributed by atoms with Gasteiger partial charge in [0.15, 0.2) is 0 Å². The summed E-state index contributed by atoms with van der Waals surface area (Å²) < 4.78 is 0. The third kappa shape index (κ3) is 2.78. The molecule has 3 heteroatoms. The molecule has 1 saturated heterocycles. The van der Waals surface area contributed by atoms with Crippen molar-refractivity contribution in [1.29, 1.82) is 0 Å². The van der Waals surface area contributed by atoms with Crippen LogP contribution in [0.3, 0.4) is 0 Å². The van der Waals surface area contributed by atoms with Crippen LogP contribution in [0.5, 0.6) is 0 Å². The second-order valence-corrected chi connectivity index (χ2v) is 4.56. The minimum atomic E-state index is 1.14. The average molecular weight is 196 g/mol. The van der Waals surface area contributed by atoms with Gasteiger partial charge in [-0.3, -0.25) is 0 Å². The Morgan fingerprint density at radius 1 is 1.31 bits per heavy atom. The highest BCUT2D eigenvalue weighted by atomic mass is 32.1. The zero-order valence-electron chi connectivity index (χ0n) is 7.91. The van der Waals surface area contributed by atoms with Crippen LogP contribution in [0.25, 0.3) is 0 Å². The molecule has 0 N–H and O–H groups in total. The predicted octanol–water partition coefficient (Wildman–Crippen LogP) is 2.17. The molecular weight excluding hydrogens is 180 g/mol. The molecule has 0 spiro atoms. The fourth-order valence-corrected chi connectivity index (χ4v) is 2.42. The van der Waals surface area contributed by atoms with Gasteiger partial charge >= 0.3 is 0 Å². The van der Waals surface area contributed by atoms with Crippen molar-refractivity contribution in [2.24, 2.45) is 0 Å². The second kappa shape index (κ2) is 4.72. The van der Waals surface area contributed by atoms with Gasteiger partial charge in [-0.25, -0.2) is 4.98 Å². The first kappa shape index (κ1) is 9.16. The second-order valence-electron chi connectivity index (χ2n) is 3.58. The van der Waals surface area contributed by atoms with Crippen molar-refractivity contribution in [1.82, 2.24) is 9.88 Å². The number of rotatable bonds is 3. The Balaban J connectivity index is 1.72. The minimum Gasteiger partial charge on any atom is -0.303 e. The van der Waals surface area contributed by atoms with Gasteiger partial charge in [-0.15, -0.1) is 11.3 Å². The van der Waals surface area contributed by atoms with E-state index in [9.17, 15) is 0 Å². The summed E-state index contributed by atoms with van der Waals surface area (Å²) in [5.41, 5.74) is 0. The number of hydrogen-bond acceptors (Lipinski definition) is 3. The molecule has 0 unspecified atom stereocenters. The van der Waals surface area contributed by atoms with Crippen molar-refractivity contribution >= 4 is 11.3 Å². The van der Waals surface area contributed by atoms with E-state index < -0.39 is 0 Å². The van der Waals surface area contributed by atoms with Crippen molar-refractivity contribution in [2.75, 3.05) is 19.6 Å². The normalized spacial score (nSPS) is 19.1. The first-order valence-electron chi connectivity index (χ1n) is 5.06. The molecule has 0 atom stereocenters. The zero-order valence-corrected chi connectivity index (χ0v) is 8.72. The first-order valence-corrected chi connectivity index (χ1v) is 5.94. The molecule has 1 aliphatic rings. The molecule has 1 aliphatic heterocycles. The lowest BCUT2D eigenvalue weighted by molar-refractivity contribution is 0.231. The van der Waals surface area contributed by atoms with Crippen LogP contribution >= 0.6 is 11.3 Å². The van der Waals surface area contributed by atoms with E-state index in [1.807, 2.05) is 6.20 Å². The minimum absolute atomic E-state index is 1.14. The van der Waals surface area contributed by atoms with Crippen LogP contribution in [0.2, 0.25) is 0 Å². The molecule has 2 heterocycles. The molecular formula is C10H16N2S. The van der Waals surface area contributed by atoms with E-state index in [0.29, 0.717) is 0 Å². The fraction of sp³-hybridized carbons (Fsp3) is 0.700. The lowest BCUT2D eigenvalue weighted by Gasteiger charge is -2.25. The van der Waals surface area contributed by atoms with Gasteiger partial charge in [0.1, 0.15) is 0 Å². The summed E-state index contributed by atoms with van der Waals surface area (Å²) in [6.45, 7) is 3.80. The lowest BCUT2D eigenvalue weighted by atomic mass is 10.1.